The zero-order valence-corrected chi connectivity index (χ0v) is 19.6. The maximum atomic E-state index is 12.9. The minimum atomic E-state index is -0.162. The topological polar surface area (TPSA) is 85.7 Å². The van der Waals surface area contributed by atoms with Gasteiger partial charge in [-0.25, -0.2) is 4.68 Å². The molecule has 8 nitrogen and oxygen atoms in total. The van der Waals surface area contributed by atoms with Crippen molar-refractivity contribution in [1.82, 2.24) is 15.1 Å². The van der Waals surface area contributed by atoms with E-state index >= 15 is 0 Å². The number of benzene rings is 2. The molecule has 2 aromatic carbocycles. The molecule has 1 fully saturated rings. The van der Waals surface area contributed by atoms with Crippen LogP contribution in [0.5, 0.6) is 11.5 Å². The van der Waals surface area contributed by atoms with Gasteiger partial charge < -0.3 is 19.7 Å². The number of carbonyl (C=O) groups is 1. The largest absolute Gasteiger partial charge is 0.497 e. The highest BCUT2D eigenvalue weighted by atomic mass is 16.5. The number of aromatic nitrogens is 2. The average molecular weight is 463 g/mol. The Labute approximate surface area is 199 Å². The second-order valence-corrected chi connectivity index (χ2v) is 8.38. The highest BCUT2D eigenvalue weighted by Gasteiger charge is 2.26. The van der Waals surface area contributed by atoms with E-state index in [1.807, 2.05) is 42.5 Å². The third kappa shape index (κ3) is 5.57. The van der Waals surface area contributed by atoms with Crippen LogP contribution in [0.15, 0.2) is 65.6 Å². The first-order valence-electron chi connectivity index (χ1n) is 11.4. The molecule has 1 amide bonds. The van der Waals surface area contributed by atoms with Crippen molar-refractivity contribution in [2.45, 2.75) is 25.9 Å². The predicted octanol–water partition coefficient (Wildman–Crippen LogP) is 2.84. The summed E-state index contributed by atoms with van der Waals surface area (Å²) in [7, 11) is 3.20. The monoisotopic (exact) mass is 462 g/mol. The molecule has 1 saturated heterocycles. The van der Waals surface area contributed by atoms with Crippen LogP contribution in [-0.2, 0) is 17.9 Å². The summed E-state index contributed by atoms with van der Waals surface area (Å²) in [4.78, 5) is 27.6. The molecule has 0 aliphatic carbocycles. The van der Waals surface area contributed by atoms with Gasteiger partial charge in [0, 0.05) is 37.3 Å². The van der Waals surface area contributed by atoms with Crippen LogP contribution in [-0.4, -0.2) is 43.0 Å². The van der Waals surface area contributed by atoms with E-state index in [0.717, 1.165) is 36.2 Å². The number of rotatable bonds is 8. The Kier molecular flexibility index (Phi) is 7.47. The van der Waals surface area contributed by atoms with Crippen molar-refractivity contribution < 1.29 is 14.3 Å². The lowest BCUT2D eigenvalue weighted by molar-refractivity contribution is -0.125. The van der Waals surface area contributed by atoms with Gasteiger partial charge in [0.15, 0.2) is 0 Å². The number of hydrogen-bond donors (Lipinski definition) is 1. The fraction of sp³-hybridized carbons (Fsp3) is 0.346. The Bertz CT molecular complexity index is 1180. The normalized spacial score (nSPS) is 15.6. The van der Waals surface area contributed by atoms with Gasteiger partial charge in [0.1, 0.15) is 11.5 Å². The Hall–Kier alpha value is -3.81. The molecule has 3 aromatic rings. The molecule has 1 aliphatic heterocycles. The van der Waals surface area contributed by atoms with Gasteiger partial charge in [-0.2, -0.15) is 5.10 Å². The molecule has 0 bridgehead atoms. The summed E-state index contributed by atoms with van der Waals surface area (Å²) in [6.45, 7) is 2.15. The molecule has 1 N–H and O–H groups in total. The number of nitrogens with one attached hydrogen (secondary N) is 1. The van der Waals surface area contributed by atoms with E-state index in [-0.39, 0.29) is 17.4 Å². The Morgan fingerprint density at radius 1 is 1.12 bits per heavy atom. The lowest BCUT2D eigenvalue weighted by atomic mass is 9.96. The second-order valence-electron chi connectivity index (χ2n) is 8.38. The maximum Gasteiger partial charge on any atom is 0.269 e. The van der Waals surface area contributed by atoms with Gasteiger partial charge >= 0.3 is 0 Å². The third-order valence-corrected chi connectivity index (χ3v) is 6.13. The minimum absolute atomic E-state index is 0.00653. The number of piperidine rings is 1. The lowest BCUT2D eigenvalue weighted by Gasteiger charge is -2.33. The van der Waals surface area contributed by atoms with Crippen molar-refractivity contribution >= 4 is 11.6 Å². The summed E-state index contributed by atoms with van der Waals surface area (Å²) >= 11 is 0. The zero-order chi connectivity index (χ0) is 23.9. The van der Waals surface area contributed by atoms with Gasteiger partial charge in [-0.3, -0.25) is 9.59 Å². The van der Waals surface area contributed by atoms with Gasteiger partial charge in [0.25, 0.3) is 5.56 Å². The van der Waals surface area contributed by atoms with Crippen molar-refractivity contribution in [3.63, 3.8) is 0 Å². The van der Waals surface area contributed by atoms with Crippen LogP contribution in [0.25, 0.3) is 0 Å². The van der Waals surface area contributed by atoms with E-state index in [2.05, 4.69) is 15.3 Å². The van der Waals surface area contributed by atoms with Crippen molar-refractivity contribution in [3.8, 4) is 11.5 Å². The fourth-order valence-electron chi connectivity index (χ4n) is 4.22. The maximum absolute atomic E-state index is 12.9. The van der Waals surface area contributed by atoms with Gasteiger partial charge in [-0.15, -0.1) is 0 Å². The Morgan fingerprint density at radius 2 is 1.94 bits per heavy atom. The lowest BCUT2D eigenvalue weighted by Crippen LogP contribution is -2.43. The van der Waals surface area contributed by atoms with Gasteiger partial charge in [0.05, 0.1) is 38.6 Å². The van der Waals surface area contributed by atoms with Gasteiger partial charge in [-0.1, -0.05) is 30.3 Å². The summed E-state index contributed by atoms with van der Waals surface area (Å²) in [5.74, 6) is 1.21. The summed E-state index contributed by atoms with van der Waals surface area (Å²) in [6, 6.07) is 16.9. The van der Waals surface area contributed by atoms with Gasteiger partial charge in [0.2, 0.25) is 5.91 Å². The third-order valence-electron chi connectivity index (χ3n) is 6.13. The first-order chi connectivity index (χ1) is 16.6. The van der Waals surface area contributed by atoms with Crippen LogP contribution < -0.4 is 25.2 Å². The van der Waals surface area contributed by atoms with Crippen molar-refractivity contribution in [3.05, 3.63) is 82.3 Å². The SMILES string of the molecule is COc1ccc(CNC(=O)[C@@H]2CCCN(c3cnn(Cc4ccccc4)c(=O)c3)C2)c(OC)c1. The number of carbonyl (C=O) groups excluding carboxylic acids is 1. The smallest absolute Gasteiger partial charge is 0.269 e. The first-order valence-corrected chi connectivity index (χ1v) is 11.4. The fourth-order valence-corrected chi connectivity index (χ4v) is 4.22. The summed E-state index contributed by atoms with van der Waals surface area (Å²) in [5.41, 5.74) is 2.51. The van der Waals surface area contributed by atoms with Crippen molar-refractivity contribution in [2.75, 3.05) is 32.2 Å². The molecule has 1 aliphatic rings. The molecule has 0 radical (unpaired) electrons. The Balaban J connectivity index is 1.38. The standard InChI is InChI=1S/C26H30N4O4/c1-33-23-11-10-20(24(14-23)34-2)15-27-26(32)21-9-6-12-29(18-21)22-13-25(31)30(28-16-22)17-19-7-4-3-5-8-19/h3-5,7-8,10-11,13-14,16,21H,6,9,12,15,17-18H2,1-2H3,(H,27,32)/t21-/m1/s1. The van der Waals surface area contributed by atoms with Crippen LogP contribution in [0, 0.1) is 5.92 Å². The molecule has 0 spiro atoms. The van der Waals surface area contributed by atoms with Crippen LogP contribution in [0.1, 0.15) is 24.0 Å². The second kappa shape index (κ2) is 10.9. The van der Waals surface area contributed by atoms with E-state index in [1.165, 1.54) is 4.68 Å². The average Bonchev–Trinajstić information content (AvgIpc) is 2.89. The highest BCUT2D eigenvalue weighted by molar-refractivity contribution is 5.79. The number of methoxy groups -OCH3 is 2. The number of ether oxygens (including phenoxy) is 2. The summed E-state index contributed by atoms with van der Waals surface area (Å²) in [5, 5.41) is 7.40. The van der Waals surface area contributed by atoms with Crippen molar-refractivity contribution in [2.24, 2.45) is 5.92 Å². The van der Waals surface area contributed by atoms with E-state index in [4.69, 9.17) is 9.47 Å². The number of amides is 1. The number of nitrogens with zero attached hydrogens (tertiary/aromatic N) is 3. The number of hydrogen-bond acceptors (Lipinski definition) is 6. The molecule has 178 valence electrons. The van der Waals surface area contributed by atoms with E-state index < -0.39 is 0 Å². The first kappa shape index (κ1) is 23.4. The van der Waals surface area contributed by atoms with Crippen LogP contribution in [0.2, 0.25) is 0 Å². The quantitative estimate of drug-likeness (QED) is 0.554. The van der Waals surface area contributed by atoms with E-state index in [0.29, 0.717) is 31.1 Å². The molecule has 4 rings (SSSR count). The van der Waals surface area contributed by atoms with E-state index in [9.17, 15) is 9.59 Å². The summed E-state index contributed by atoms with van der Waals surface area (Å²) < 4.78 is 12.1. The molecule has 0 unspecified atom stereocenters. The van der Waals surface area contributed by atoms with Crippen LogP contribution in [0.4, 0.5) is 5.69 Å². The molecule has 0 saturated carbocycles. The zero-order valence-electron chi connectivity index (χ0n) is 19.6. The predicted molar refractivity (Wildman–Crippen MR) is 130 cm³/mol. The molecule has 1 atom stereocenters. The molecular weight excluding hydrogens is 432 g/mol. The molecule has 2 heterocycles. The molecule has 34 heavy (non-hydrogen) atoms. The van der Waals surface area contributed by atoms with Crippen LogP contribution in [0.3, 0.4) is 0 Å². The van der Waals surface area contributed by atoms with Crippen molar-refractivity contribution in [1.29, 1.82) is 0 Å². The minimum Gasteiger partial charge on any atom is -0.497 e. The Morgan fingerprint density at radius 3 is 2.68 bits per heavy atom. The van der Waals surface area contributed by atoms with E-state index in [1.54, 1.807) is 32.5 Å². The summed E-state index contributed by atoms with van der Waals surface area (Å²) in [6.07, 6.45) is 3.39. The highest BCUT2D eigenvalue weighted by Crippen LogP contribution is 2.25. The van der Waals surface area contributed by atoms with Crippen LogP contribution >= 0.6 is 0 Å². The molecule has 1 aromatic heterocycles. The number of anilines is 1. The molecular formula is C26H30N4O4. The van der Waals surface area contributed by atoms with Gasteiger partial charge in [-0.05, 0) is 30.5 Å². The molecule has 8 heteroatoms.